The molecule has 7 aromatic heterocycles. The second-order valence-corrected chi connectivity index (χ2v) is 17.7. The number of rotatable bonds is 7. The molecule has 0 bridgehead atoms. The SMILES string of the molecule is c1ccc([Si](c2ccccc2)(c2ccccc2)c2cccc(-c3nc(-n4c5cnccc5c5ccncc54)nc(-n4c5cnccc5c5cccnc54)n3)c2)cc1. The highest BCUT2D eigenvalue weighted by atomic mass is 28.3. The van der Waals surface area contributed by atoms with Gasteiger partial charge in [-0.1, -0.05) is 115 Å². The molecular weight excluding hydrogens is 719 g/mol. The van der Waals surface area contributed by atoms with Gasteiger partial charge in [0.15, 0.2) is 13.9 Å². The van der Waals surface area contributed by atoms with E-state index >= 15 is 0 Å². The van der Waals surface area contributed by atoms with Crippen LogP contribution in [0.15, 0.2) is 189 Å². The Bertz CT molecular complexity index is 2920. The summed E-state index contributed by atoms with van der Waals surface area (Å²) in [7, 11) is -2.86. The highest BCUT2D eigenvalue weighted by molar-refractivity contribution is 7.19. The summed E-state index contributed by atoms with van der Waals surface area (Å²) >= 11 is 0. The van der Waals surface area contributed by atoms with E-state index in [0.717, 1.165) is 49.3 Å². The van der Waals surface area contributed by atoms with Gasteiger partial charge in [0.05, 0.1) is 35.1 Å². The lowest BCUT2D eigenvalue weighted by Gasteiger charge is -2.34. The van der Waals surface area contributed by atoms with Gasteiger partial charge < -0.3 is 0 Å². The summed E-state index contributed by atoms with van der Waals surface area (Å²) < 4.78 is 4.01. The van der Waals surface area contributed by atoms with E-state index in [1.165, 1.54) is 20.7 Å². The van der Waals surface area contributed by atoms with Crippen molar-refractivity contribution in [2.75, 3.05) is 0 Å². The molecule has 0 spiro atoms. The molecule has 0 radical (unpaired) electrons. The predicted octanol–water partition coefficient (Wildman–Crippen LogP) is 6.69. The molecular formula is C47H31N9Si. The van der Waals surface area contributed by atoms with Crippen LogP contribution in [0.25, 0.3) is 67.0 Å². The first-order valence-electron chi connectivity index (χ1n) is 18.7. The van der Waals surface area contributed by atoms with E-state index in [9.17, 15) is 0 Å². The fraction of sp³-hybridized carbons (Fsp3) is 0. The minimum atomic E-state index is -2.86. The van der Waals surface area contributed by atoms with Crippen LogP contribution in [0.5, 0.6) is 0 Å². The van der Waals surface area contributed by atoms with Crippen LogP contribution in [0, 0.1) is 0 Å². The van der Waals surface area contributed by atoms with E-state index in [4.69, 9.17) is 19.9 Å². The van der Waals surface area contributed by atoms with E-state index in [1.54, 1.807) is 24.8 Å². The van der Waals surface area contributed by atoms with Gasteiger partial charge in [-0.05, 0) is 51.1 Å². The summed E-state index contributed by atoms with van der Waals surface area (Å²) in [6.45, 7) is 0. The number of hydrogen-bond acceptors (Lipinski definition) is 7. The molecule has 0 amide bonds. The highest BCUT2D eigenvalue weighted by Crippen LogP contribution is 2.33. The fourth-order valence-electron chi connectivity index (χ4n) is 8.46. The van der Waals surface area contributed by atoms with Crippen molar-refractivity contribution in [3.05, 3.63) is 189 Å². The maximum Gasteiger partial charge on any atom is 0.241 e. The molecule has 0 saturated heterocycles. The Kier molecular flexibility index (Phi) is 7.61. The molecule has 0 N–H and O–H groups in total. The third-order valence-corrected chi connectivity index (χ3v) is 15.7. The molecule has 0 aliphatic rings. The molecule has 0 aliphatic heterocycles. The minimum Gasteiger partial charge on any atom is -0.275 e. The Morgan fingerprint density at radius 3 is 1.44 bits per heavy atom. The van der Waals surface area contributed by atoms with Gasteiger partial charge in [-0.25, -0.2) is 4.98 Å². The minimum absolute atomic E-state index is 0.424. The normalized spacial score (nSPS) is 11.9. The third kappa shape index (κ3) is 5.12. The molecule has 0 unspecified atom stereocenters. The van der Waals surface area contributed by atoms with Crippen molar-refractivity contribution in [2.45, 2.75) is 0 Å². The van der Waals surface area contributed by atoms with E-state index in [-0.39, 0.29) is 0 Å². The Balaban J connectivity index is 1.22. The van der Waals surface area contributed by atoms with E-state index < -0.39 is 8.07 Å². The first kappa shape index (κ1) is 32.7. The number of fused-ring (bicyclic) bond motifs is 6. The third-order valence-electron chi connectivity index (χ3n) is 10.9. The van der Waals surface area contributed by atoms with E-state index in [0.29, 0.717) is 17.7 Å². The lowest BCUT2D eigenvalue weighted by atomic mass is 10.2. The Labute approximate surface area is 327 Å². The molecule has 10 heteroatoms. The van der Waals surface area contributed by atoms with Crippen molar-refractivity contribution >= 4 is 72.6 Å². The number of pyridine rings is 4. The van der Waals surface area contributed by atoms with Crippen molar-refractivity contribution in [1.29, 1.82) is 0 Å². The smallest absolute Gasteiger partial charge is 0.241 e. The van der Waals surface area contributed by atoms with Gasteiger partial charge in [-0.2, -0.15) is 15.0 Å². The van der Waals surface area contributed by atoms with E-state index in [2.05, 4.69) is 136 Å². The standard InChI is InChI=1S/C47H31N9Si/c1-4-13-33(14-5-1)57(34-15-6-2-7-16-34,35-17-8-3-9-18-35)36-19-10-12-32(28-36)44-52-46(55-41-29-48-25-21-37(41)38-22-26-49-30-42(38)55)54-47(53-44)56-43-31-50-27-23-39(43)40-20-11-24-51-45(40)56/h1-31H. The van der Waals surface area contributed by atoms with Crippen LogP contribution in [-0.2, 0) is 0 Å². The van der Waals surface area contributed by atoms with Gasteiger partial charge in [0.1, 0.15) is 5.65 Å². The average molecular weight is 750 g/mol. The quantitative estimate of drug-likeness (QED) is 0.132. The van der Waals surface area contributed by atoms with Crippen LogP contribution in [0.2, 0.25) is 0 Å². The summed E-state index contributed by atoms with van der Waals surface area (Å²) in [6, 6.07) is 51.5. The zero-order chi connectivity index (χ0) is 37.8. The maximum atomic E-state index is 5.31. The number of benzene rings is 4. The van der Waals surface area contributed by atoms with Crippen molar-refractivity contribution in [2.24, 2.45) is 0 Å². The van der Waals surface area contributed by atoms with Gasteiger partial charge in [0, 0.05) is 51.9 Å². The van der Waals surface area contributed by atoms with Crippen LogP contribution < -0.4 is 20.7 Å². The van der Waals surface area contributed by atoms with Crippen LogP contribution in [0.1, 0.15) is 0 Å². The Morgan fingerprint density at radius 1 is 0.386 bits per heavy atom. The molecule has 0 fully saturated rings. The second kappa shape index (κ2) is 13.3. The van der Waals surface area contributed by atoms with Crippen molar-refractivity contribution < 1.29 is 0 Å². The zero-order valence-corrected chi connectivity index (χ0v) is 31.4. The van der Waals surface area contributed by atoms with Crippen molar-refractivity contribution in [3.8, 4) is 23.3 Å². The Hall–Kier alpha value is -7.69. The lowest BCUT2D eigenvalue weighted by molar-refractivity contribution is 0.886. The summed E-state index contributed by atoms with van der Waals surface area (Å²) in [5.74, 6) is 1.38. The molecule has 9 nitrogen and oxygen atoms in total. The highest BCUT2D eigenvalue weighted by Gasteiger charge is 2.41. The number of aromatic nitrogens is 9. The molecule has 57 heavy (non-hydrogen) atoms. The van der Waals surface area contributed by atoms with Crippen LogP contribution in [0.3, 0.4) is 0 Å². The van der Waals surface area contributed by atoms with Gasteiger partial charge in [-0.3, -0.25) is 24.1 Å². The van der Waals surface area contributed by atoms with Gasteiger partial charge in [-0.15, -0.1) is 0 Å². The first-order chi connectivity index (χ1) is 28.3. The van der Waals surface area contributed by atoms with Crippen LogP contribution in [-0.4, -0.2) is 52.1 Å². The van der Waals surface area contributed by atoms with Gasteiger partial charge in [0.25, 0.3) is 0 Å². The molecule has 11 rings (SSSR count). The Morgan fingerprint density at radius 2 is 0.877 bits per heavy atom. The van der Waals surface area contributed by atoms with Gasteiger partial charge in [0.2, 0.25) is 11.9 Å². The molecule has 7 heterocycles. The fourth-order valence-corrected chi connectivity index (χ4v) is 13.3. The summed E-state index contributed by atoms with van der Waals surface area (Å²) in [6.07, 6.45) is 12.8. The number of nitrogens with zero attached hydrogens (tertiary/aromatic N) is 9. The number of hydrogen-bond donors (Lipinski definition) is 0. The molecule has 0 saturated carbocycles. The van der Waals surface area contributed by atoms with E-state index in [1.807, 2.05) is 52.0 Å². The topological polar surface area (TPSA) is 100 Å². The van der Waals surface area contributed by atoms with Crippen molar-refractivity contribution in [3.63, 3.8) is 0 Å². The molecule has 4 aromatic carbocycles. The zero-order valence-electron chi connectivity index (χ0n) is 30.4. The molecule has 11 aromatic rings. The molecule has 0 atom stereocenters. The maximum absolute atomic E-state index is 5.31. The van der Waals surface area contributed by atoms with Crippen LogP contribution >= 0.6 is 0 Å². The van der Waals surface area contributed by atoms with Gasteiger partial charge >= 0.3 is 0 Å². The summed E-state index contributed by atoms with van der Waals surface area (Å²) in [5, 5.41) is 9.10. The average Bonchev–Trinajstić information content (AvgIpc) is 3.81. The lowest BCUT2D eigenvalue weighted by Crippen LogP contribution is -2.74. The predicted molar refractivity (Wildman–Crippen MR) is 229 cm³/mol. The molecule has 268 valence electrons. The summed E-state index contributed by atoms with van der Waals surface area (Å²) in [5.41, 5.74) is 4.16. The first-order valence-corrected chi connectivity index (χ1v) is 20.7. The largest absolute Gasteiger partial charge is 0.275 e. The summed E-state index contributed by atoms with van der Waals surface area (Å²) in [4.78, 5) is 34.3. The molecule has 0 aliphatic carbocycles. The monoisotopic (exact) mass is 749 g/mol. The van der Waals surface area contributed by atoms with Crippen molar-refractivity contribution in [1.82, 2.24) is 44.0 Å². The van der Waals surface area contributed by atoms with Crippen LogP contribution in [0.4, 0.5) is 0 Å². The second-order valence-electron chi connectivity index (χ2n) is 13.9.